The van der Waals surface area contributed by atoms with Gasteiger partial charge in [-0.15, -0.1) is 0 Å². The predicted octanol–water partition coefficient (Wildman–Crippen LogP) is 3.05. The molecule has 5 heteroatoms. The molecule has 0 saturated carbocycles. The third-order valence-electron chi connectivity index (χ3n) is 2.99. The van der Waals surface area contributed by atoms with Crippen LogP contribution in [0.3, 0.4) is 0 Å². The van der Waals surface area contributed by atoms with Gasteiger partial charge in [0.25, 0.3) is 0 Å². The number of hydrogen-bond donors (Lipinski definition) is 1. The van der Waals surface area contributed by atoms with Gasteiger partial charge in [0.15, 0.2) is 0 Å². The molecule has 98 valence electrons. The summed E-state index contributed by atoms with van der Waals surface area (Å²) in [5.41, 5.74) is 0.947. The summed E-state index contributed by atoms with van der Waals surface area (Å²) in [5.74, 6) is 0.596. The van der Waals surface area contributed by atoms with Crippen molar-refractivity contribution in [3.63, 3.8) is 0 Å². The van der Waals surface area contributed by atoms with E-state index in [1.54, 1.807) is 6.20 Å². The van der Waals surface area contributed by atoms with Crippen LogP contribution in [0.2, 0.25) is 0 Å². The number of anilines is 1. The number of nitrogens with zero attached hydrogens (tertiary/aromatic N) is 1. The molecule has 1 amide bonds. The Morgan fingerprint density at radius 2 is 2.44 bits per heavy atom. The van der Waals surface area contributed by atoms with Crippen LogP contribution in [0, 0.1) is 6.92 Å². The van der Waals surface area contributed by atoms with E-state index >= 15 is 0 Å². The van der Waals surface area contributed by atoms with Crippen LogP contribution in [0.25, 0.3) is 0 Å². The average molecular weight is 313 g/mol. The van der Waals surface area contributed by atoms with Crippen LogP contribution in [0.1, 0.15) is 31.2 Å². The SMILES string of the molecule is Cc1cc(Br)cnc1NC(=O)CC1CCCCO1. The van der Waals surface area contributed by atoms with Crippen LogP contribution in [-0.2, 0) is 9.53 Å². The molecule has 1 aliphatic rings. The maximum Gasteiger partial charge on any atom is 0.228 e. The Labute approximate surface area is 115 Å². The van der Waals surface area contributed by atoms with Crippen LogP contribution < -0.4 is 5.32 Å². The van der Waals surface area contributed by atoms with Crippen LogP contribution in [0.5, 0.6) is 0 Å². The lowest BCUT2D eigenvalue weighted by atomic mass is 10.1. The van der Waals surface area contributed by atoms with Gasteiger partial charge in [0.1, 0.15) is 5.82 Å². The highest BCUT2D eigenvalue weighted by atomic mass is 79.9. The lowest BCUT2D eigenvalue weighted by molar-refractivity contribution is -0.119. The van der Waals surface area contributed by atoms with Crippen molar-refractivity contribution >= 4 is 27.7 Å². The second kappa shape index (κ2) is 6.29. The van der Waals surface area contributed by atoms with Crippen molar-refractivity contribution in [1.29, 1.82) is 0 Å². The predicted molar refractivity (Wildman–Crippen MR) is 73.5 cm³/mol. The standard InChI is InChI=1S/C13H17BrN2O2/c1-9-6-10(14)8-15-13(9)16-12(17)7-11-4-2-3-5-18-11/h6,8,11H,2-5,7H2,1H3,(H,15,16,17). The first-order valence-electron chi connectivity index (χ1n) is 6.19. The maximum absolute atomic E-state index is 11.9. The van der Waals surface area contributed by atoms with Gasteiger partial charge in [-0.2, -0.15) is 0 Å². The highest BCUT2D eigenvalue weighted by Gasteiger charge is 2.18. The Morgan fingerprint density at radius 3 is 3.11 bits per heavy atom. The summed E-state index contributed by atoms with van der Waals surface area (Å²) < 4.78 is 6.46. The molecular formula is C13H17BrN2O2. The van der Waals surface area contributed by atoms with Gasteiger partial charge in [-0.05, 0) is 53.7 Å². The summed E-state index contributed by atoms with van der Waals surface area (Å²) >= 11 is 3.35. The fourth-order valence-electron chi connectivity index (χ4n) is 2.03. The van der Waals surface area contributed by atoms with Crippen molar-refractivity contribution in [1.82, 2.24) is 4.98 Å². The van der Waals surface area contributed by atoms with Crippen molar-refractivity contribution < 1.29 is 9.53 Å². The summed E-state index contributed by atoms with van der Waals surface area (Å²) in [7, 11) is 0. The van der Waals surface area contributed by atoms with Gasteiger partial charge in [0.2, 0.25) is 5.91 Å². The lowest BCUT2D eigenvalue weighted by Crippen LogP contribution is -2.26. The number of rotatable bonds is 3. The monoisotopic (exact) mass is 312 g/mol. The molecule has 2 rings (SSSR count). The highest BCUT2D eigenvalue weighted by Crippen LogP contribution is 2.19. The number of amides is 1. The number of halogens is 1. The Bertz CT molecular complexity index is 431. The number of hydrogen-bond acceptors (Lipinski definition) is 3. The second-order valence-corrected chi connectivity index (χ2v) is 5.48. The van der Waals surface area contributed by atoms with Crippen molar-refractivity contribution in [2.24, 2.45) is 0 Å². The number of carbonyl (C=O) groups is 1. The number of ether oxygens (including phenoxy) is 1. The van der Waals surface area contributed by atoms with Gasteiger partial charge in [-0.25, -0.2) is 4.98 Å². The number of aromatic nitrogens is 1. The van der Waals surface area contributed by atoms with E-state index in [1.807, 2.05) is 13.0 Å². The molecule has 1 saturated heterocycles. The molecule has 0 radical (unpaired) electrons. The molecule has 18 heavy (non-hydrogen) atoms. The second-order valence-electron chi connectivity index (χ2n) is 4.56. The first-order valence-corrected chi connectivity index (χ1v) is 6.98. The molecule has 1 fully saturated rings. The zero-order chi connectivity index (χ0) is 13.0. The summed E-state index contributed by atoms with van der Waals surface area (Å²) in [6, 6.07) is 1.93. The van der Waals surface area contributed by atoms with Gasteiger partial charge in [0.05, 0.1) is 12.5 Å². The zero-order valence-electron chi connectivity index (χ0n) is 10.4. The van der Waals surface area contributed by atoms with E-state index in [1.165, 1.54) is 0 Å². The fourth-order valence-corrected chi connectivity index (χ4v) is 2.48. The molecule has 0 bridgehead atoms. The Balaban J connectivity index is 1.90. The van der Waals surface area contributed by atoms with Gasteiger partial charge in [-0.3, -0.25) is 4.79 Å². The van der Waals surface area contributed by atoms with E-state index in [9.17, 15) is 4.79 Å². The van der Waals surface area contributed by atoms with Gasteiger partial charge in [-0.1, -0.05) is 0 Å². The third kappa shape index (κ3) is 3.78. The van der Waals surface area contributed by atoms with E-state index in [2.05, 4.69) is 26.2 Å². The van der Waals surface area contributed by atoms with Crippen LogP contribution >= 0.6 is 15.9 Å². The minimum Gasteiger partial charge on any atom is -0.378 e. The smallest absolute Gasteiger partial charge is 0.228 e. The van der Waals surface area contributed by atoms with Gasteiger partial charge >= 0.3 is 0 Å². The van der Waals surface area contributed by atoms with Crippen molar-refractivity contribution in [2.45, 2.75) is 38.7 Å². The van der Waals surface area contributed by atoms with Gasteiger partial charge in [0, 0.05) is 17.3 Å². The average Bonchev–Trinajstić information content (AvgIpc) is 2.34. The first kappa shape index (κ1) is 13.5. The Morgan fingerprint density at radius 1 is 1.61 bits per heavy atom. The van der Waals surface area contributed by atoms with Gasteiger partial charge < -0.3 is 10.1 Å². The normalized spacial score (nSPS) is 19.6. The molecule has 1 aliphatic heterocycles. The summed E-state index contributed by atoms with van der Waals surface area (Å²) in [6.07, 6.45) is 5.38. The van der Waals surface area contributed by atoms with Crippen molar-refractivity contribution in [2.75, 3.05) is 11.9 Å². The zero-order valence-corrected chi connectivity index (χ0v) is 12.0. The van der Waals surface area contributed by atoms with Crippen LogP contribution in [0.4, 0.5) is 5.82 Å². The topological polar surface area (TPSA) is 51.2 Å². The molecule has 0 aromatic carbocycles. The first-order chi connectivity index (χ1) is 8.65. The van der Waals surface area contributed by atoms with E-state index in [0.29, 0.717) is 12.2 Å². The maximum atomic E-state index is 11.9. The summed E-state index contributed by atoms with van der Waals surface area (Å²) in [6.45, 7) is 2.69. The molecule has 1 N–H and O–H groups in total. The number of nitrogens with one attached hydrogen (secondary N) is 1. The molecular weight excluding hydrogens is 296 g/mol. The van der Waals surface area contributed by atoms with E-state index < -0.39 is 0 Å². The summed E-state index contributed by atoms with van der Waals surface area (Å²) in [4.78, 5) is 16.1. The van der Waals surface area contributed by atoms with Crippen LogP contribution in [0.15, 0.2) is 16.7 Å². The number of pyridine rings is 1. The molecule has 1 aromatic heterocycles. The van der Waals surface area contributed by atoms with E-state index in [-0.39, 0.29) is 12.0 Å². The minimum absolute atomic E-state index is 0.0279. The minimum atomic E-state index is -0.0279. The van der Waals surface area contributed by atoms with Crippen molar-refractivity contribution in [3.8, 4) is 0 Å². The van der Waals surface area contributed by atoms with E-state index in [0.717, 1.165) is 35.9 Å². The Kier molecular flexibility index (Phi) is 4.72. The molecule has 1 unspecified atom stereocenters. The number of carbonyl (C=O) groups excluding carboxylic acids is 1. The molecule has 0 spiro atoms. The van der Waals surface area contributed by atoms with Crippen LogP contribution in [-0.4, -0.2) is 23.6 Å². The number of aryl methyl sites for hydroxylation is 1. The quantitative estimate of drug-likeness (QED) is 0.933. The lowest BCUT2D eigenvalue weighted by Gasteiger charge is -2.21. The Hall–Kier alpha value is -0.940. The highest BCUT2D eigenvalue weighted by molar-refractivity contribution is 9.10. The molecule has 2 heterocycles. The molecule has 4 nitrogen and oxygen atoms in total. The summed E-state index contributed by atoms with van der Waals surface area (Å²) in [5, 5.41) is 2.83. The van der Waals surface area contributed by atoms with E-state index in [4.69, 9.17) is 4.74 Å². The van der Waals surface area contributed by atoms with Crippen molar-refractivity contribution in [3.05, 3.63) is 22.3 Å². The fraction of sp³-hybridized carbons (Fsp3) is 0.538. The molecule has 1 aromatic rings. The molecule has 0 aliphatic carbocycles. The largest absolute Gasteiger partial charge is 0.378 e. The third-order valence-corrected chi connectivity index (χ3v) is 3.42. The molecule has 1 atom stereocenters.